The van der Waals surface area contributed by atoms with E-state index in [2.05, 4.69) is 10.1 Å². The number of carbonyl (C=O) groups is 2. The van der Waals surface area contributed by atoms with E-state index in [1.54, 1.807) is 16.7 Å². The predicted molar refractivity (Wildman–Crippen MR) is 101 cm³/mol. The summed E-state index contributed by atoms with van der Waals surface area (Å²) in [7, 11) is 0. The van der Waals surface area contributed by atoms with Crippen molar-refractivity contribution in [3.63, 3.8) is 0 Å². The molecule has 0 unspecified atom stereocenters. The van der Waals surface area contributed by atoms with Crippen LogP contribution in [0.25, 0.3) is 11.1 Å². The first-order chi connectivity index (χ1) is 14.2. The Morgan fingerprint density at radius 1 is 1.30 bits per heavy atom. The predicted octanol–water partition coefficient (Wildman–Crippen LogP) is 3.27. The molecule has 0 N–H and O–H groups in total. The molecule has 0 spiro atoms. The number of aromatic nitrogens is 2. The van der Waals surface area contributed by atoms with Crippen molar-refractivity contribution < 1.29 is 27.3 Å². The topological polar surface area (TPSA) is 79.5 Å². The van der Waals surface area contributed by atoms with Crippen LogP contribution < -0.4 is 0 Å². The average Bonchev–Trinajstić information content (AvgIpc) is 3.31. The molecule has 0 saturated carbocycles. The van der Waals surface area contributed by atoms with Crippen LogP contribution in [-0.2, 0) is 15.8 Å². The lowest BCUT2D eigenvalue weighted by Gasteiger charge is -2.36. The summed E-state index contributed by atoms with van der Waals surface area (Å²) in [6.45, 7) is 4.48. The molecule has 4 heterocycles. The van der Waals surface area contributed by atoms with Gasteiger partial charge in [0.1, 0.15) is 6.04 Å². The third-order valence-corrected chi connectivity index (χ3v) is 6.03. The van der Waals surface area contributed by atoms with Gasteiger partial charge in [-0.1, -0.05) is 5.16 Å². The quantitative estimate of drug-likeness (QED) is 0.756. The van der Waals surface area contributed by atoms with Gasteiger partial charge in [0.15, 0.2) is 0 Å². The molecule has 2 aliphatic rings. The van der Waals surface area contributed by atoms with Crippen LogP contribution in [0.3, 0.4) is 0 Å². The smallest absolute Gasteiger partial charge is 0.340 e. The van der Waals surface area contributed by atoms with Gasteiger partial charge in [-0.2, -0.15) is 13.2 Å². The second-order valence-electron chi connectivity index (χ2n) is 8.03. The maximum Gasteiger partial charge on any atom is 0.417 e. The molecule has 162 valence electrons. The second kappa shape index (κ2) is 7.55. The first-order valence-electron chi connectivity index (χ1n) is 10.1. The molecular formula is C20H23F3N4O3. The molecule has 0 aromatic carbocycles. The normalized spacial score (nSPS) is 21.5. The van der Waals surface area contributed by atoms with E-state index in [-0.39, 0.29) is 46.8 Å². The molecule has 0 aliphatic carbocycles. The Morgan fingerprint density at radius 2 is 2.07 bits per heavy atom. The van der Waals surface area contributed by atoms with Gasteiger partial charge in [-0.15, -0.1) is 0 Å². The number of alkyl halides is 3. The van der Waals surface area contributed by atoms with Crippen LogP contribution in [0, 0.1) is 6.92 Å². The maximum atomic E-state index is 13.6. The fourth-order valence-corrected chi connectivity index (χ4v) is 4.44. The summed E-state index contributed by atoms with van der Waals surface area (Å²) in [5.74, 6) is -0.560. The monoisotopic (exact) mass is 424 g/mol. The molecule has 4 rings (SSSR count). The zero-order chi connectivity index (χ0) is 21.6. The minimum Gasteiger partial charge on any atom is -0.340 e. The number of halogens is 3. The Labute approximate surface area is 171 Å². The molecule has 0 bridgehead atoms. The molecule has 2 amide bonds. The van der Waals surface area contributed by atoms with E-state index >= 15 is 0 Å². The number of aryl methyl sites for hydroxylation is 1. The van der Waals surface area contributed by atoms with Crippen LogP contribution in [0.2, 0.25) is 0 Å². The Hall–Kier alpha value is -2.65. The fourth-order valence-electron chi connectivity index (χ4n) is 4.44. The summed E-state index contributed by atoms with van der Waals surface area (Å²) in [4.78, 5) is 32.4. The van der Waals surface area contributed by atoms with Crippen LogP contribution in [0.4, 0.5) is 13.2 Å². The number of amides is 2. The number of rotatable bonds is 3. The van der Waals surface area contributed by atoms with Gasteiger partial charge < -0.3 is 14.3 Å². The van der Waals surface area contributed by atoms with Crippen molar-refractivity contribution in [1.29, 1.82) is 0 Å². The van der Waals surface area contributed by atoms with Crippen LogP contribution in [0.1, 0.15) is 55.5 Å². The number of pyridine rings is 1. The fraction of sp³-hybridized carbons (Fsp3) is 0.600. The molecular weight excluding hydrogens is 401 g/mol. The molecule has 30 heavy (non-hydrogen) atoms. The van der Waals surface area contributed by atoms with Crippen molar-refractivity contribution in [2.45, 2.75) is 57.7 Å². The number of carbonyl (C=O) groups excluding carboxylic acids is 2. The van der Waals surface area contributed by atoms with E-state index in [4.69, 9.17) is 4.52 Å². The van der Waals surface area contributed by atoms with Gasteiger partial charge in [0.25, 0.3) is 5.71 Å². The summed E-state index contributed by atoms with van der Waals surface area (Å²) in [5, 5.41) is 3.51. The Bertz CT molecular complexity index is 988. The summed E-state index contributed by atoms with van der Waals surface area (Å²) in [6, 6.07) is 0.482. The lowest BCUT2D eigenvalue weighted by Crippen LogP contribution is -2.50. The molecule has 7 nitrogen and oxygen atoms in total. The van der Waals surface area contributed by atoms with E-state index in [0.717, 1.165) is 12.5 Å². The maximum absolute atomic E-state index is 13.6. The van der Waals surface area contributed by atoms with Crippen LogP contribution in [-0.4, -0.2) is 57.4 Å². The third kappa shape index (κ3) is 3.63. The van der Waals surface area contributed by atoms with Gasteiger partial charge in [0, 0.05) is 32.0 Å². The van der Waals surface area contributed by atoms with Crippen molar-refractivity contribution in [1.82, 2.24) is 19.9 Å². The highest BCUT2D eigenvalue weighted by molar-refractivity contribution is 5.88. The van der Waals surface area contributed by atoms with Crippen LogP contribution in [0.5, 0.6) is 0 Å². The number of hydrogen-bond acceptors (Lipinski definition) is 5. The lowest BCUT2D eigenvalue weighted by atomic mass is 9.92. The van der Waals surface area contributed by atoms with Crippen molar-refractivity contribution in [3.8, 4) is 0 Å². The minimum absolute atomic E-state index is 0.0352. The van der Waals surface area contributed by atoms with Gasteiger partial charge in [-0.25, -0.2) is 4.98 Å². The molecule has 2 aliphatic heterocycles. The number of likely N-dealkylation sites (tertiary alicyclic amines) is 2. The molecule has 2 fully saturated rings. The highest BCUT2D eigenvalue weighted by Gasteiger charge is 2.38. The van der Waals surface area contributed by atoms with Crippen molar-refractivity contribution in [2.24, 2.45) is 0 Å². The molecule has 10 heteroatoms. The van der Waals surface area contributed by atoms with E-state index in [1.807, 2.05) is 0 Å². The highest BCUT2D eigenvalue weighted by atomic mass is 19.4. The Morgan fingerprint density at radius 3 is 2.73 bits per heavy atom. The molecule has 2 atom stereocenters. The van der Waals surface area contributed by atoms with Gasteiger partial charge in [0.2, 0.25) is 11.8 Å². The molecule has 2 aromatic rings. The van der Waals surface area contributed by atoms with Crippen molar-refractivity contribution in [2.75, 3.05) is 19.6 Å². The zero-order valence-corrected chi connectivity index (χ0v) is 16.8. The summed E-state index contributed by atoms with van der Waals surface area (Å²) in [6.07, 6.45) is -2.13. The number of hydrogen-bond donors (Lipinski definition) is 0. The third-order valence-electron chi connectivity index (χ3n) is 6.03. The Balaban J connectivity index is 1.60. The highest BCUT2D eigenvalue weighted by Crippen LogP contribution is 2.38. The van der Waals surface area contributed by atoms with E-state index in [0.29, 0.717) is 32.4 Å². The summed E-state index contributed by atoms with van der Waals surface area (Å²) >= 11 is 0. The first kappa shape index (κ1) is 20.6. The Kier molecular flexibility index (Phi) is 5.19. The summed E-state index contributed by atoms with van der Waals surface area (Å²) < 4.78 is 46.0. The molecule has 2 saturated heterocycles. The number of piperidine rings is 1. The van der Waals surface area contributed by atoms with E-state index < -0.39 is 17.8 Å². The average molecular weight is 424 g/mol. The lowest BCUT2D eigenvalue weighted by molar-refractivity contribution is -0.143. The van der Waals surface area contributed by atoms with Crippen molar-refractivity contribution in [3.05, 3.63) is 23.0 Å². The van der Waals surface area contributed by atoms with Crippen molar-refractivity contribution >= 4 is 22.9 Å². The van der Waals surface area contributed by atoms with Crippen LogP contribution in [0.15, 0.2) is 10.6 Å². The first-order valence-corrected chi connectivity index (χ1v) is 10.1. The van der Waals surface area contributed by atoms with Gasteiger partial charge in [-0.3, -0.25) is 9.59 Å². The van der Waals surface area contributed by atoms with E-state index in [9.17, 15) is 22.8 Å². The van der Waals surface area contributed by atoms with Crippen LogP contribution >= 0.6 is 0 Å². The number of fused-ring (bicyclic) bond motifs is 1. The SMILES string of the molecule is Cc1noc2nc([C@H]3CCCN(C(=O)[C@H](C)N4CCCC4=O)C3)cc(C(F)(F)F)c12. The molecule has 0 radical (unpaired) electrons. The zero-order valence-electron chi connectivity index (χ0n) is 16.8. The molecule has 2 aromatic heterocycles. The van der Waals surface area contributed by atoms with Gasteiger partial charge in [-0.05, 0) is 39.2 Å². The van der Waals surface area contributed by atoms with E-state index in [1.165, 1.54) is 6.92 Å². The minimum atomic E-state index is -4.57. The van der Waals surface area contributed by atoms with Gasteiger partial charge >= 0.3 is 6.18 Å². The standard InChI is InChI=1S/C20H23F3N4O3/c1-11-17-14(20(21,22)23)9-15(24-18(17)30-25-11)13-5-3-7-26(10-13)19(29)12(2)27-8-4-6-16(27)28/h9,12-13H,3-8,10H2,1-2H3/t12-,13-/m0/s1. The number of nitrogens with zero attached hydrogens (tertiary/aromatic N) is 4. The largest absolute Gasteiger partial charge is 0.417 e. The second-order valence-corrected chi connectivity index (χ2v) is 8.03. The van der Waals surface area contributed by atoms with Gasteiger partial charge in [0.05, 0.1) is 22.3 Å². The summed E-state index contributed by atoms with van der Waals surface area (Å²) in [5.41, 5.74) is -0.577.